The van der Waals surface area contributed by atoms with E-state index in [1.807, 2.05) is 42.5 Å². The number of anilines is 3. The summed E-state index contributed by atoms with van der Waals surface area (Å²) < 4.78 is 12.8. The van der Waals surface area contributed by atoms with E-state index < -0.39 is 0 Å². The molecule has 0 radical (unpaired) electrons. The fraction of sp³-hybridized carbons (Fsp3) is 0. The number of oxazole rings is 1. The van der Waals surface area contributed by atoms with Crippen molar-refractivity contribution in [2.24, 2.45) is 0 Å². The highest BCUT2D eigenvalue weighted by Crippen LogP contribution is 2.41. The van der Waals surface area contributed by atoms with Gasteiger partial charge in [0, 0.05) is 39.0 Å². The number of rotatable bonds is 7. The second-order valence-corrected chi connectivity index (χ2v) is 14.4. The molecule has 9 aromatic carbocycles. The van der Waals surface area contributed by atoms with Gasteiger partial charge in [-0.1, -0.05) is 140 Å². The average molecular weight is 731 g/mol. The Bertz CT molecular complexity index is 3230. The molecule has 0 unspecified atom stereocenters. The molecule has 0 N–H and O–H groups in total. The highest BCUT2D eigenvalue weighted by molar-refractivity contribution is 6.12. The zero-order valence-electron chi connectivity index (χ0n) is 30.8. The topological polar surface area (TPSA) is 42.4 Å². The molecule has 0 saturated heterocycles. The molecule has 57 heavy (non-hydrogen) atoms. The number of para-hydroxylation sites is 2. The Morgan fingerprint density at radius 3 is 1.82 bits per heavy atom. The van der Waals surface area contributed by atoms with Crippen molar-refractivity contribution in [2.45, 2.75) is 0 Å². The van der Waals surface area contributed by atoms with Crippen LogP contribution < -0.4 is 4.90 Å². The Hall–Kier alpha value is -7.69. The number of benzene rings is 9. The summed E-state index contributed by atoms with van der Waals surface area (Å²) in [4.78, 5) is 7.31. The zero-order valence-corrected chi connectivity index (χ0v) is 30.8. The highest BCUT2D eigenvalue weighted by atomic mass is 16.4. The first-order valence-electron chi connectivity index (χ1n) is 19.2. The summed E-state index contributed by atoms with van der Waals surface area (Å²) in [7, 11) is 0. The fourth-order valence-corrected chi connectivity index (χ4v) is 8.11. The average Bonchev–Trinajstić information content (AvgIpc) is 3.90. The molecule has 268 valence electrons. The van der Waals surface area contributed by atoms with Crippen LogP contribution in [0.15, 0.2) is 215 Å². The third kappa shape index (κ3) is 5.83. The van der Waals surface area contributed by atoms with E-state index in [4.69, 9.17) is 13.8 Å². The Morgan fingerprint density at radius 1 is 0.368 bits per heavy atom. The van der Waals surface area contributed by atoms with Crippen LogP contribution in [0.3, 0.4) is 0 Å². The van der Waals surface area contributed by atoms with Crippen molar-refractivity contribution in [3.63, 3.8) is 0 Å². The maximum atomic E-state index is 6.65. The van der Waals surface area contributed by atoms with Gasteiger partial charge in [0.25, 0.3) is 0 Å². The van der Waals surface area contributed by atoms with Gasteiger partial charge in [-0.25, -0.2) is 4.98 Å². The second kappa shape index (κ2) is 13.6. The van der Waals surface area contributed by atoms with E-state index in [1.54, 1.807) is 0 Å². The third-order valence-corrected chi connectivity index (χ3v) is 10.9. The molecular weight excluding hydrogens is 697 g/mol. The summed E-state index contributed by atoms with van der Waals surface area (Å²) in [6.45, 7) is 0. The molecule has 0 atom stereocenters. The number of fused-ring (bicyclic) bond motifs is 5. The number of hydrogen-bond donors (Lipinski definition) is 0. The molecule has 2 aromatic heterocycles. The van der Waals surface area contributed by atoms with E-state index in [2.05, 4.69) is 169 Å². The van der Waals surface area contributed by atoms with Crippen LogP contribution in [0.5, 0.6) is 0 Å². The molecule has 11 aromatic rings. The van der Waals surface area contributed by atoms with Gasteiger partial charge in [-0.05, 0) is 105 Å². The van der Waals surface area contributed by atoms with E-state index in [-0.39, 0.29) is 0 Å². The normalized spacial score (nSPS) is 11.5. The van der Waals surface area contributed by atoms with Crippen molar-refractivity contribution in [1.82, 2.24) is 4.98 Å². The minimum atomic E-state index is 0.572. The number of furan rings is 1. The molecule has 0 spiro atoms. The SMILES string of the molecule is c1ccc(-c2cccc(N(c3ccc(-c4ccc5ccccc5c4)cc3)c3ccc(-c4cccc5nc(-c6cccc7oc8ccccc8c67)oc45)cc3)c2)cc1. The molecule has 0 amide bonds. The van der Waals surface area contributed by atoms with Gasteiger partial charge in [0.1, 0.15) is 16.7 Å². The van der Waals surface area contributed by atoms with Crippen LogP contribution in [-0.4, -0.2) is 4.98 Å². The smallest absolute Gasteiger partial charge is 0.228 e. The first-order chi connectivity index (χ1) is 28.2. The van der Waals surface area contributed by atoms with Crippen molar-refractivity contribution in [3.8, 4) is 44.8 Å². The summed E-state index contributed by atoms with van der Waals surface area (Å²) in [5, 5.41) is 4.53. The summed E-state index contributed by atoms with van der Waals surface area (Å²) in [5.74, 6) is 0.572. The van der Waals surface area contributed by atoms with Crippen LogP contribution in [0.25, 0.3) is 88.6 Å². The Kier molecular flexibility index (Phi) is 7.78. The first-order valence-corrected chi connectivity index (χ1v) is 19.2. The van der Waals surface area contributed by atoms with Crippen LogP contribution >= 0.6 is 0 Å². The molecule has 0 fully saturated rings. The van der Waals surface area contributed by atoms with Gasteiger partial charge in [-0.3, -0.25) is 0 Å². The highest BCUT2D eigenvalue weighted by Gasteiger charge is 2.19. The van der Waals surface area contributed by atoms with Crippen LogP contribution in [-0.2, 0) is 0 Å². The molecular formula is C53H34N2O2. The minimum Gasteiger partial charge on any atom is -0.456 e. The van der Waals surface area contributed by atoms with Gasteiger partial charge in [-0.15, -0.1) is 0 Å². The molecule has 0 bridgehead atoms. The van der Waals surface area contributed by atoms with E-state index in [0.29, 0.717) is 5.89 Å². The summed E-state index contributed by atoms with van der Waals surface area (Å²) >= 11 is 0. The van der Waals surface area contributed by atoms with Gasteiger partial charge in [0.15, 0.2) is 5.58 Å². The molecule has 0 aliphatic rings. The van der Waals surface area contributed by atoms with Gasteiger partial charge >= 0.3 is 0 Å². The lowest BCUT2D eigenvalue weighted by Gasteiger charge is -2.26. The summed E-state index contributed by atoms with van der Waals surface area (Å²) in [6.07, 6.45) is 0. The lowest BCUT2D eigenvalue weighted by Crippen LogP contribution is -2.10. The van der Waals surface area contributed by atoms with Gasteiger partial charge < -0.3 is 13.7 Å². The predicted octanol–water partition coefficient (Wildman–Crippen LogP) is 15.0. The molecule has 2 heterocycles. The Balaban J connectivity index is 0.983. The second-order valence-electron chi connectivity index (χ2n) is 14.4. The van der Waals surface area contributed by atoms with E-state index >= 15 is 0 Å². The predicted molar refractivity (Wildman–Crippen MR) is 235 cm³/mol. The standard InChI is InChI=1S/C53H34N2O2/c1-2-11-35(12-3-1)40-15-8-16-44(34-40)55(42-29-25-37(26-30-42)41-24-23-36-13-4-5-14-39(36)33-41)43-31-27-38(28-32-43)45-18-9-20-48-52(45)57-53(54-48)47-19-10-22-50-51(47)46-17-6-7-21-49(46)56-50/h1-34H. The van der Waals surface area contributed by atoms with E-state index in [0.717, 1.165) is 72.4 Å². The van der Waals surface area contributed by atoms with Crippen molar-refractivity contribution in [3.05, 3.63) is 206 Å². The van der Waals surface area contributed by atoms with E-state index in [1.165, 1.54) is 27.5 Å². The van der Waals surface area contributed by atoms with Crippen molar-refractivity contribution in [2.75, 3.05) is 4.90 Å². The van der Waals surface area contributed by atoms with Gasteiger partial charge in [0.2, 0.25) is 5.89 Å². The van der Waals surface area contributed by atoms with Crippen LogP contribution in [0.2, 0.25) is 0 Å². The maximum absolute atomic E-state index is 6.65. The van der Waals surface area contributed by atoms with Crippen molar-refractivity contribution in [1.29, 1.82) is 0 Å². The van der Waals surface area contributed by atoms with Gasteiger partial charge in [-0.2, -0.15) is 0 Å². The maximum Gasteiger partial charge on any atom is 0.228 e. The lowest BCUT2D eigenvalue weighted by atomic mass is 10.0. The van der Waals surface area contributed by atoms with E-state index in [9.17, 15) is 0 Å². The molecule has 11 rings (SSSR count). The third-order valence-electron chi connectivity index (χ3n) is 10.9. The van der Waals surface area contributed by atoms with Crippen molar-refractivity contribution < 1.29 is 8.83 Å². The van der Waals surface area contributed by atoms with Crippen LogP contribution in [0.1, 0.15) is 0 Å². The quantitative estimate of drug-likeness (QED) is 0.164. The number of nitrogens with zero attached hydrogens (tertiary/aromatic N) is 2. The minimum absolute atomic E-state index is 0.572. The number of hydrogen-bond acceptors (Lipinski definition) is 4. The molecule has 0 saturated carbocycles. The Labute approximate surface area is 329 Å². The zero-order chi connectivity index (χ0) is 37.7. The van der Waals surface area contributed by atoms with Gasteiger partial charge in [0.05, 0.1) is 0 Å². The van der Waals surface area contributed by atoms with Crippen LogP contribution in [0.4, 0.5) is 17.1 Å². The molecule has 4 nitrogen and oxygen atoms in total. The summed E-state index contributed by atoms with van der Waals surface area (Å²) in [5.41, 5.74) is 14.1. The first kappa shape index (κ1) is 32.7. The number of aromatic nitrogens is 1. The molecule has 4 heteroatoms. The van der Waals surface area contributed by atoms with Crippen LogP contribution in [0, 0.1) is 0 Å². The molecule has 0 aliphatic heterocycles. The van der Waals surface area contributed by atoms with Crippen molar-refractivity contribution >= 4 is 60.9 Å². The summed E-state index contributed by atoms with van der Waals surface area (Å²) in [6, 6.07) is 72.4. The monoisotopic (exact) mass is 730 g/mol. The lowest BCUT2D eigenvalue weighted by molar-refractivity contribution is 0.621. The molecule has 0 aliphatic carbocycles. The fourth-order valence-electron chi connectivity index (χ4n) is 8.11. The largest absolute Gasteiger partial charge is 0.456 e. The Morgan fingerprint density at radius 2 is 0.982 bits per heavy atom.